The second kappa shape index (κ2) is 5.47. The van der Waals surface area contributed by atoms with Gasteiger partial charge in [-0.1, -0.05) is 42.5 Å². The number of hydrogen-bond donors (Lipinski definition) is 1. The second-order valence-electron chi connectivity index (χ2n) is 4.33. The second-order valence-corrected chi connectivity index (χ2v) is 7.44. The van der Waals surface area contributed by atoms with Crippen molar-refractivity contribution in [2.45, 2.75) is 4.90 Å². The van der Waals surface area contributed by atoms with Crippen LogP contribution >= 0.6 is 0 Å². The first kappa shape index (κ1) is 15.5. The highest BCUT2D eigenvalue weighted by Crippen LogP contribution is 2.35. The minimum absolute atomic E-state index is 0.297. The third-order valence-corrected chi connectivity index (χ3v) is 4.01. The van der Waals surface area contributed by atoms with Crippen LogP contribution in [0.3, 0.4) is 0 Å². The van der Waals surface area contributed by atoms with E-state index in [0.717, 1.165) is 6.26 Å². The lowest BCUT2D eigenvalue weighted by molar-refractivity contribution is 0.486. The Morgan fingerprint density at radius 2 is 1.52 bits per heavy atom. The Labute approximate surface area is 123 Å². The Balaban J connectivity index is 2.77. The van der Waals surface area contributed by atoms with Gasteiger partial charge in [-0.25, -0.2) is 13.6 Å². The third-order valence-electron chi connectivity index (χ3n) is 2.60. The average molecular weight is 327 g/mol. The van der Waals surface area contributed by atoms with Gasteiger partial charge in [-0.15, -0.1) is 0 Å². The minimum atomic E-state index is -4.13. The first-order valence-corrected chi connectivity index (χ1v) is 9.15. The van der Waals surface area contributed by atoms with Gasteiger partial charge in [0.05, 0.1) is 6.26 Å². The molecule has 0 fully saturated rings. The maximum Gasteiger partial charge on any atom is 0.306 e. The van der Waals surface area contributed by atoms with Crippen molar-refractivity contribution in [1.82, 2.24) is 0 Å². The molecule has 112 valence electrons. The lowest BCUT2D eigenvalue weighted by atomic mass is 10.1. The Bertz CT molecular complexity index is 859. The van der Waals surface area contributed by atoms with E-state index in [2.05, 4.69) is 0 Å². The summed E-state index contributed by atoms with van der Waals surface area (Å²) < 4.78 is 50.9. The van der Waals surface area contributed by atoms with Gasteiger partial charge in [0, 0.05) is 5.56 Å². The fourth-order valence-electron chi connectivity index (χ4n) is 1.82. The van der Waals surface area contributed by atoms with Crippen molar-refractivity contribution in [3.8, 4) is 16.9 Å². The molecule has 6 nitrogen and oxygen atoms in total. The first-order valence-electron chi connectivity index (χ1n) is 5.79. The van der Waals surface area contributed by atoms with Crippen LogP contribution in [0.15, 0.2) is 53.4 Å². The Morgan fingerprint density at radius 3 is 2.05 bits per heavy atom. The van der Waals surface area contributed by atoms with Crippen molar-refractivity contribution in [2.75, 3.05) is 6.26 Å². The highest BCUT2D eigenvalue weighted by atomic mass is 32.2. The van der Waals surface area contributed by atoms with Gasteiger partial charge in [-0.2, -0.15) is 8.42 Å². The van der Waals surface area contributed by atoms with Gasteiger partial charge in [0.25, 0.3) is 0 Å². The highest BCUT2D eigenvalue weighted by Gasteiger charge is 2.22. The van der Waals surface area contributed by atoms with Gasteiger partial charge in [0.1, 0.15) is 4.90 Å². The average Bonchev–Trinajstić information content (AvgIpc) is 2.37. The number of sulfonamides is 1. The summed E-state index contributed by atoms with van der Waals surface area (Å²) in [5, 5.41) is 5.12. The van der Waals surface area contributed by atoms with E-state index in [0.29, 0.717) is 11.1 Å². The first-order chi connectivity index (χ1) is 9.68. The van der Waals surface area contributed by atoms with Gasteiger partial charge >= 0.3 is 10.1 Å². The number of primary sulfonamides is 1. The fourth-order valence-corrected chi connectivity index (χ4v) is 3.04. The summed E-state index contributed by atoms with van der Waals surface area (Å²) >= 11 is 0. The molecule has 0 aliphatic carbocycles. The monoisotopic (exact) mass is 327 g/mol. The van der Waals surface area contributed by atoms with E-state index in [1.54, 1.807) is 36.4 Å². The molecular weight excluding hydrogens is 314 g/mol. The zero-order valence-corrected chi connectivity index (χ0v) is 12.7. The van der Waals surface area contributed by atoms with Crippen LogP contribution in [0.25, 0.3) is 11.1 Å². The predicted molar refractivity (Wildman–Crippen MR) is 78.7 cm³/mol. The zero-order valence-electron chi connectivity index (χ0n) is 11.1. The quantitative estimate of drug-likeness (QED) is 0.853. The summed E-state index contributed by atoms with van der Waals surface area (Å²) in [5.74, 6) is -0.297. The van der Waals surface area contributed by atoms with Crippen molar-refractivity contribution in [3.63, 3.8) is 0 Å². The van der Waals surface area contributed by atoms with Crippen molar-refractivity contribution in [1.29, 1.82) is 0 Å². The van der Waals surface area contributed by atoms with Crippen molar-refractivity contribution in [3.05, 3.63) is 48.5 Å². The van der Waals surface area contributed by atoms with E-state index in [9.17, 15) is 16.8 Å². The molecule has 2 aromatic rings. The Kier molecular flexibility index (Phi) is 4.04. The van der Waals surface area contributed by atoms with Gasteiger partial charge in [0.2, 0.25) is 10.0 Å². The van der Waals surface area contributed by atoms with E-state index >= 15 is 0 Å². The number of benzene rings is 2. The van der Waals surface area contributed by atoms with Gasteiger partial charge in [0.15, 0.2) is 5.75 Å². The summed E-state index contributed by atoms with van der Waals surface area (Å²) in [4.78, 5) is -0.380. The lowest BCUT2D eigenvalue weighted by Gasteiger charge is -2.13. The molecule has 0 aromatic heterocycles. The summed E-state index contributed by atoms with van der Waals surface area (Å²) in [6.45, 7) is 0. The van der Waals surface area contributed by atoms with E-state index in [1.807, 2.05) is 0 Å². The van der Waals surface area contributed by atoms with Crippen molar-refractivity contribution < 1.29 is 21.0 Å². The molecule has 0 atom stereocenters. The number of para-hydroxylation sites is 1. The molecular formula is C13H13NO5S2. The minimum Gasteiger partial charge on any atom is -0.380 e. The van der Waals surface area contributed by atoms with E-state index in [1.165, 1.54) is 12.1 Å². The van der Waals surface area contributed by atoms with Crippen LogP contribution in [-0.2, 0) is 20.1 Å². The van der Waals surface area contributed by atoms with Crippen molar-refractivity contribution in [2.24, 2.45) is 5.14 Å². The van der Waals surface area contributed by atoms with E-state index in [4.69, 9.17) is 9.32 Å². The molecule has 0 heterocycles. The van der Waals surface area contributed by atoms with Crippen LogP contribution in [0.1, 0.15) is 0 Å². The molecule has 21 heavy (non-hydrogen) atoms. The summed E-state index contributed by atoms with van der Waals surface area (Å²) in [7, 11) is -8.04. The molecule has 0 saturated heterocycles. The largest absolute Gasteiger partial charge is 0.380 e. The van der Waals surface area contributed by atoms with Crippen LogP contribution in [0, 0.1) is 0 Å². The summed E-state index contributed by atoms with van der Waals surface area (Å²) in [5.41, 5.74) is 0.939. The van der Waals surface area contributed by atoms with Crippen LogP contribution < -0.4 is 9.32 Å². The van der Waals surface area contributed by atoms with Crippen LogP contribution in [-0.4, -0.2) is 23.1 Å². The fraction of sp³-hybridized carbons (Fsp3) is 0.0769. The van der Waals surface area contributed by atoms with Gasteiger partial charge < -0.3 is 4.18 Å². The van der Waals surface area contributed by atoms with Gasteiger partial charge in [-0.3, -0.25) is 0 Å². The third kappa shape index (κ3) is 3.81. The van der Waals surface area contributed by atoms with E-state index < -0.39 is 20.1 Å². The van der Waals surface area contributed by atoms with Gasteiger partial charge in [-0.05, 0) is 11.6 Å². The predicted octanol–water partition coefficient (Wildman–Crippen LogP) is 1.34. The molecule has 0 aliphatic rings. The SMILES string of the molecule is CS(=O)(=O)Oc1c(-c2ccccc2)cccc1S(N)(=O)=O. The molecule has 0 saturated carbocycles. The van der Waals surface area contributed by atoms with Crippen LogP contribution in [0.5, 0.6) is 5.75 Å². The molecule has 2 N–H and O–H groups in total. The molecule has 2 rings (SSSR count). The van der Waals surface area contributed by atoms with Crippen molar-refractivity contribution >= 4 is 20.1 Å². The molecule has 0 radical (unpaired) electrons. The highest BCUT2D eigenvalue weighted by molar-refractivity contribution is 7.89. The molecule has 0 bridgehead atoms. The maximum absolute atomic E-state index is 11.6. The van der Waals surface area contributed by atoms with Crippen LogP contribution in [0.2, 0.25) is 0 Å². The Hall–Kier alpha value is -1.90. The maximum atomic E-state index is 11.6. The van der Waals surface area contributed by atoms with Crippen LogP contribution in [0.4, 0.5) is 0 Å². The standard InChI is InChI=1S/C13H13NO5S2/c1-20(15,16)19-13-11(10-6-3-2-4-7-10)8-5-9-12(13)21(14,17)18/h2-9H,1H3,(H2,14,17,18). The molecule has 2 aromatic carbocycles. The zero-order chi connectivity index (χ0) is 15.7. The molecule has 0 spiro atoms. The Morgan fingerprint density at radius 1 is 0.905 bits per heavy atom. The molecule has 0 unspecified atom stereocenters. The number of rotatable bonds is 4. The molecule has 0 aliphatic heterocycles. The summed E-state index contributed by atoms with van der Waals surface area (Å²) in [6, 6.07) is 12.9. The number of nitrogens with two attached hydrogens (primary N) is 1. The smallest absolute Gasteiger partial charge is 0.306 e. The number of hydrogen-bond acceptors (Lipinski definition) is 5. The topological polar surface area (TPSA) is 104 Å². The molecule has 0 amide bonds. The lowest BCUT2D eigenvalue weighted by Crippen LogP contribution is -2.16. The molecule has 8 heteroatoms. The summed E-state index contributed by atoms with van der Waals surface area (Å²) in [6.07, 6.45) is 0.835. The normalized spacial score (nSPS) is 12.1. The van der Waals surface area contributed by atoms with E-state index in [-0.39, 0.29) is 10.6 Å².